The number of methoxy groups -OCH3 is 1. The van der Waals surface area contributed by atoms with E-state index in [-0.39, 0.29) is 36.9 Å². The molecule has 35 heavy (non-hydrogen) atoms. The first kappa shape index (κ1) is 28.6. The number of ketones is 1. The van der Waals surface area contributed by atoms with Crippen molar-refractivity contribution >= 4 is 15.6 Å². The highest BCUT2D eigenvalue weighted by molar-refractivity contribution is 7.90. The molecular weight excluding hydrogens is 483 g/mol. The summed E-state index contributed by atoms with van der Waals surface area (Å²) in [5.74, 6) is -0.189. The number of carbonyl (C=O) groups is 1. The number of hydrogen-bond donors (Lipinski definition) is 0. The Kier molecular flexibility index (Phi) is 10.1. The van der Waals surface area contributed by atoms with Gasteiger partial charge in [0.15, 0.2) is 0 Å². The second-order valence-electron chi connectivity index (χ2n) is 8.50. The van der Waals surface area contributed by atoms with E-state index in [1.807, 2.05) is 6.92 Å². The summed E-state index contributed by atoms with van der Waals surface area (Å²) in [5, 5.41) is 0. The topological polar surface area (TPSA) is 82.6 Å². The molecule has 10 heteroatoms. The molecule has 194 valence electrons. The van der Waals surface area contributed by atoms with E-state index in [2.05, 4.69) is 4.98 Å². The van der Waals surface area contributed by atoms with E-state index < -0.39 is 27.6 Å². The summed E-state index contributed by atoms with van der Waals surface area (Å²) in [7, 11) is -1.65. The molecule has 0 saturated heterocycles. The molecule has 1 atom stereocenters. The number of sulfone groups is 1. The second-order valence-corrected chi connectivity index (χ2v) is 10.8. The molecule has 0 fully saturated rings. The Balaban J connectivity index is 2.13. The van der Waals surface area contributed by atoms with Crippen molar-refractivity contribution in [1.82, 2.24) is 4.98 Å². The van der Waals surface area contributed by atoms with Crippen LogP contribution in [0.4, 0.5) is 13.2 Å². The number of halogens is 3. The van der Waals surface area contributed by atoms with Crippen LogP contribution in [0.2, 0.25) is 0 Å². The number of rotatable bonds is 13. The number of carbonyl (C=O) groups excluding carboxylic acids is 1. The Morgan fingerprint density at radius 2 is 1.80 bits per heavy atom. The van der Waals surface area contributed by atoms with E-state index in [9.17, 15) is 26.4 Å². The smallest absolute Gasteiger partial charge is 0.433 e. The molecule has 0 radical (unpaired) electrons. The van der Waals surface area contributed by atoms with Crippen LogP contribution in [0.1, 0.15) is 61.4 Å². The Morgan fingerprint density at radius 3 is 2.40 bits per heavy atom. The number of pyridine rings is 1. The predicted octanol–water partition coefficient (Wildman–Crippen LogP) is 5.18. The molecule has 0 N–H and O–H groups in total. The van der Waals surface area contributed by atoms with Crippen LogP contribution in [0.3, 0.4) is 0 Å². The van der Waals surface area contributed by atoms with E-state index >= 15 is 0 Å². The van der Waals surface area contributed by atoms with E-state index in [1.165, 1.54) is 19.4 Å². The first-order valence-corrected chi connectivity index (χ1v) is 13.5. The summed E-state index contributed by atoms with van der Waals surface area (Å²) in [5.41, 5.74) is 0.852. The maximum Gasteiger partial charge on any atom is 0.433 e. The largest absolute Gasteiger partial charge is 0.496 e. The molecule has 0 bridgehead atoms. The molecule has 2 aromatic rings. The van der Waals surface area contributed by atoms with Gasteiger partial charge in [0.25, 0.3) is 0 Å². The highest BCUT2D eigenvalue weighted by atomic mass is 32.2. The third-order valence-corrected chi connectivity index (χ3v) is 6.59. The van der Waals surface area contributed by atoms with E-state index in [0.29, 0.717) is 29.7 Å². The Bertz CT molecular complexity index is 1120. The lowest BCUT2D eigenvalue weighted by Crippen LogP contribution is -2.13. The molecule has 2 rings (SSSR count). The quantitative estimate of drug-likeness (QED) is 0.342. The van der Waals surface area contributed by atoms with Crippen molar-refractivity contribution in [1.29, 1.82) is 0 Å². The molecular formula is C25H32F3NO5S. The van der Waals surface area contributed by atoms with E-state index in [4.69, 9.17) is 9.47 Å². The minimum absolute atomic E-state index is 0.0129. The lowest BCUT2D eigenvalue weighted by molar-refractivity contribution is -0.141. The number of hydrogen-bond acceptors (Lipinski definition) is 6. The van der Waals surface area contributed by atoms with E-state index in [0.717, 1.165) is 18.1 Å². The average molecular weight is 516 g/mol. The minimum Gasteiger partial charge on any atom is -0.496 e. The lowest BCUT2D eigenvalue weighted by atomic mass is 9.92. The number of ether oxygens (including phenoxy) is 2. The second kappa shape index (κ2) is 12.4. The molecule has 1 heterocycles. The molecule has 0 aliphatic heterocycles. The SMILES string of the molecule is CCCCOc1nc(C(F)(F)F)ccc1CCC(=O)C(C)c1ccc(CCS(C)(=O)=O)c(OC)c1. The zero-order chi connectivity index (χ0) is 26.2. The minimum atomic E-state index is -4.59. The monoisotopic (exact) mass is 515 g/mol. The fourth-order valence-electron chi connectivity index (χ4n) is 3.45. The van der Waals surface area contributed by atoms with Crippen molar-refractivity contribution in [2.24, 2.45) is 0 Å². The molecule has 0 aliphatic rings. The van der Waals surface area contributed by atoms with Gasteiger partial charge in [-0.2, -0.15) is 13.2 Å². The van der Waals surface area contributed by atoms with Crippen LogP contribution in [0, 0.1) is 0 Å². The first-order chi connectivity index (χ1) is 16.4. The Morgan fingerprint density at radius 1 is 1.11 bits per heavy atom. The van der Waals surface area contributed by atoms with Crippen LogP contribution in [-0.2, 0) is 33.6 Å². The molecule has 0 spiro atoms. The number of Topliss-reactive ketones (excluding diaryl/α,β-unsaturated/α-hetero) is 1. The number of aromatic nitrogens is 1. The number of aryl methyl sites for hydroxylation is 2. The third kappa shape index (κ3) is 8.83. The van der Waals surface area contributed by atoms with Crippen LogP contribution in [0.25, 0.3) is 0 Å². The Labute approximate surface area is 204 Å². The summed E-state index contributed by atoms with van der Waals surface area (Å²) >= 11 is 0. The number of unbranched alkanes of at least 4 members (excludes halogenated alkanes) is 1. The third-order valence-electron chi connectivity index (χ3n) is 5.64. The molecule has 0 saturated carbocycles. The average Bonchev–Trinajstić information content (AvgIpc) is 2.80. The van der Waals surface area contributed by atoms with Crippen LogP contribution >= 0.6 is 0 Å². The van der Waals surface area contributed by atoms with Gasteiger partial charge in [-0.25, -0.2) is 13.4 Å². The molecule has 1 aromatic heterocycles. The summed E-state index contributed by atoms with van der Waals surface area (Å²) in [6.07, 6.45) is -1.34. The van der Waals surface area contributed by atoms with Crippen LogP contribution in [0.15, 0.2) is 30.3 Å². The van der Waals surface area contributed by atoms with Gasteiger partial charge in [-0.05, 0) is 42.5 Å². The maximum atomic E-state index is 13.1. The van der Waals surface area contributed by atoms with Gasteiger partial charge in [-0.3, -0.25) is 4.79 Å². The summed E-state index contributed by atoms with van der Waals surface area (Å²) in [6, 6.07) is 7.45. The first-order valence-electron chi connectivity index (χ1n) is 11.4. The number of alkyl halides is 3. The van der Waals surface area contributed by atoms with Gasteiger partial charge in [-0.1, -0.05) is 38.5 Å². The predicted molar refractivity (Wildman–Crippen MR) is 128 cm³/mol. The molecule has 1 aromatic carbocycles. The number of benzene rings is 1. The zero-order valence-corrected chi connectivity index (χ0v) is 21.3. The van der Waals surface area contributed by atoms with Crippen molar-refractivity contribution in [3.8, 4) is 11.6 Å². The van der Waals surface area contributed by atoms with Crippen molar-refractivity contribution in [3.63, 3.8) is 0 Å². The van der Waals surface area contributed by atoms with Gasteiger partial charge in [0.1, 0.15) is 27.1 Å². The van der Waals surface area contributed by atoms with Crippen molar-refractivity contribution < 1.29 is 35.9 Å². The van der Waals surface area contributed by atoms with Gasteiger partial charge in [0, 0.05) is 24.2 Å². The van der Waals surface area contributed by atoms with Gasteiger partial charge < -0.3 is 9.47 Å². The molecule has 0 aliphatic carbocycles. The van der Waals surface area contributed by atoms with Crippen molar-refractivity contribution in [3.05, 3.63) is 52.7 Å². The van der Waals surface area contributed by atoms with Crippen LogP contribution in [0.5, 0.6) is 11.6 Å². The van der Waals surface area contributed by atoms with Crippen molar-refractivity contribution in [2.75, 3.05) is 25.7 Å². The molecule has 0 amide bonds. The molecule has 6 nitrogen and oxygen atoms in total. The zero-order valence-electron chi connectivity index (χ0n) is 20.4. The van der Waals surface area contributed by atoms with Crippen molar-refractivity contribution in [2.45, 2.75) is 58.0 Å². The standard InChI is InChI=1S/C25H32F3NO5S/c1-5-6-14-34-24-19(10-12-23(29-24)25(26,27)28)9-11-21(30)17(2)20-8-7-18(22(16-20)33-3)13-15-35(4,31)32/h7-8,10,12,16-17H,5-6,9,11,13-15H2,1-4H3. The fourth-order valence-corrected chi connectivity index (χ4v) is 4.04. The Hall–Kier alpha value is -2.62. The van der Waals surface area contributed by atoms with Crippen LogP contribution in [-0.4, -0.2) is 44.9 Å². The van der Waals surface area contributed by atoms with Gasteiger partial charge in [0.05, 0.1) is 19.5 Å². The highest BCUT2D eigenvalue weighted by Crippen LogP contribution is 2.31. The maximum absolute atomic E-state index is 13.1. The summed E-state index contributed by atoms with van der Waals surface area (Å²) in [4.78, 5) is 16.5. The normalized spacial score (nSPS) is 12.9. The van der Waals surface area contributed by atoms with Crippen LogP contribution < -0.4 is 9.47 Å². The van der Waals surface area contributed by atoms with Gasteiger partial charge >= 0.3 is 6.18 Å². The van der Waals surface area contributed by atoms with Gasteiger partial charge in [-0.15, -0.1) is 0 Å². The summed E-state index contributed by atoms with van der Waals surface area (Å²) < 4.78 is 73.1. The lowest BCUT2D eigenvalue weighted by Gasteiger charge is -2.16. The highest BCUT2D eigenvalue weighted by Gasteiger charge is 2.33. The fraction of sp³-hybridized carbons (Fsp3) is 0.520. The van der Waals surface area contributed by atoms with E-state index in [1.54, 1.807) is 25.1 Å². The number of nitrogens with zero attached hydrogens (tertiary/aromatic N) is 1. The molecule has 1 unspecified atom stereocenters. The van der Waals surface area contributed by atoms with Gasteiger partial charge in [0.2, 0.25) is 5.88 Å². The summed E-state index contributed by atoms with van der Waals surface area (Å²) in [6.45, 7) is 3.93.